The molecule has 1 atom stereocenters. The highest BCUT2D eigenvalue weighted by atomic mass is 16.5. The van der Waals surface area contributed by atoms with Gasteiger partial charge in [0.05, 0.1) is 0 Å². The van der Waals surface area contributed by atoms with Gasteiger partial charge >= 0.3 is 5.97 Å². The molecular formula is C9H16O2. The minimum atomic E-state index is -0.240. The lowest BCUT2D eigenvalue weighted by atomic mass is 10.1. The monoisotopic (exact) mass is 156 g/mol. The maximum Gasteiger partial charge on any atom is 0.303 e. The molecule has 2 heteroatoms. The summed E-state index contributed by atoms with van der Waals surface area (Å²) in [6.45, 7) is 9.17. The standard InChI is InChI=1S/C9H16O2/c1-5-9(6-7(2)3)11-8(4)10/h5,7,9H,1,6H2,2-4H3. The van der Waals surface area contributed by atoms with Crippen LogP contribution in [-0.2, 0) is 9.53 Å². The van der Waals surface area contributed by atoms with Gasteiger partial charge in [0.2, 0.25) is 0 Å². The summed E-state index contributed by atoms with van der Waals surface area (Å²) in [5.41, 5.74) is 0. The molecule has 0 heterocycles. The van der Waals surface area contributed by atoms with Crippen molar-refractivity contribution in [3.8, 4) is 0 Å². The Balaban J connectivity index is 3.76. The van der Waals surface area contributed by atoms with Gasteiger partial charge in [0.1, 0.15) is 6.10 Å². The van der Waals surface area contributed by atoms with Gasteiger partial charge in [-0.05, 0) is 12.3 Å². The molecule has 0 aliphatic rings. The zero-order valence-electron chi connectivity index (χ0n) is 7.46. The fraction of sp³-hybridized carbons (Fsp3) is 0.667. The molecule has 0 aliphatic heterocycles. The second kappa shape index (κ2) is 4.94. The van der Waals surface area contributed by atoms with Crippen LogP contribution in [0.5, 0.6) is 0 Å². The second-order valence-electron chi connectivity index (χ2n) is 3.01. The quantitative estimate of drug-likeness (QED) is 0.460. The summed E-state index contributed by atoms with van der Waals surface area (Å²) in [5, 5.41) is 0. The summed E-state index contributed by atoms with van der Waals surface area (Å²) < 4.78 is 4.95. The zero-order chi connectivity index (χ0) is 8.85. The second-order valence-corrected chi connectivity index (χ2v) is 3.01. The van der Waals surface area contributed by atoms with Crippen molar-refractivity contribution in [1.82, 2.24) is 0 Å². The molecule has 0 bridgehead atoms. The predicted molar refractivity (Wildman–Crippen MR) is 45.2 cm³/mol. The van der Waals surface area contributed by atoms with E-state index in [0.29, 0.717) is 5.92 Å². The van der Waals surface area contributed by atoms with Gasteiger partial charge in [-0.3, -0.25) is 4.79 Å². The lowest BCUT2D eigenvalue weighted by Crippen LogP contribution is -2.15. The van der Waals surface area contributed by atoms with E-state index in [4.69, 9.17) is 4.74 Å². The van der Waals surface area contributed by atoms with Gasteiger partial charge < -0.3 is 4.74 Å². The van der Waals surface area contributed by atoms with Gasteiger partial charge in [-0.1, -0.05) is 26.5 Å². The predicted octanol–water partition coefficient (Wildman–Crippen LogP) is 2.15. The number of carbonyl (C=O) groups excluding carboxylic acids is 1. The molecule has 0 saturated carbocycles. The molecule has 0 saturated heterocycles. The number of ether oxygens (including phenoxy) is 1. The Bertz CT molecular complexity index is 138. The molecule has 0 N–H and O–H groups in total. The molecule has 0 radical (unpaired) electrons. The largest absolute Gasteiger partial charge is 0.458 e. The van der Waals surface area contributed by atoms with Crippen molar-refractivity contribution in [3.05, 3.63) is 12.7 Å². The molecule has 11 heavy (non-hydrogen) atoms. The summed E-state index contributed by atoms with van der Waals surface area (Å²) in [7, 11) is 0. The van der Waals surface area contributed by atoms with E-state index < -0.39 is 0 Å². The average Bonchev–Trinajstić information content (AvgIpc) is 1.84. The molecule has 0 fully saturated rings. The fourth-order valence-electron chi connectivity index (χ4n) is 0.870. The summed E-state index contributed by atoms with van der Waals surface area (Å²) in [6, 6.07) is 0. The highest BCUT2D eigenvalue weighted by Crippen LogP contribution is 2.08. The van der Waals surface area contributed by atoms with E-state index in [2.05, 4.69) is 20.4 Å². The Morgan fingerprint density at radius 1 is 1.64 bits per heavy atom. The molecular weight excluding hydrogens is 140 g/mol. The van der Waals surface area contributed by atoms with Crippen LogP contribution in [0, 0.1) is 5.92 Å². The summed E-state index contributed by atoms with van der Waals surface area (Å²) in [6.07, 6.45) is 2.40. The third-order valence-electron chi connectivity index (χ3n) is 1.28. The normalized spacial score (nSPS) is 12.7. The maximum absolute atomic E-state index is 10.5. The minimum Gasteiger partial charge on any atom is -0.458 e. The first-order valence-electron chi connectivity index (χ1n) is 3.86. The van der Waals surface area contributed by atoms with Crippen molar-refractivity contribution in [2.24, 2.45) is 5.92 Å². The van der Waals surface area contributed by atoms with E-state index in [1.165, 1.54) is 6.92 Å². The number of carbonyl (C=O) groups is 1. The Kier molecular flexibility index (Phi) is 4.59. The minimum absolute atomic E-state index is 0.118. The van der Waals surface area contributed by atoms with E-state index in [-0.39, 0.29) is 12.1 Å². The first-order chi connectivity index (χ1) is 5.06. The molecule has 0 spiro atoms. The van der Waals surface area contributed by atoms with Crippen LogP contribution in [0.15, 0.2) is 12.7 Å². The van der Waals surface area contributed by atoms with E-state index >= 15 is 0 Å². The van der Waals surface area contributed by atoms with Crippen molar-refractivity contribution >= 4 is 5.97 Å². The highest BCUT2D eigenvalue weighted by molar-refractivity contribution is 5.66. The van der Waals surface area contributed by atoms with Crippen molar-refractivity contribution in [2.45, 2.75) is 33.3 Å². The van der Waals surface area contributed by atoms with Gasteiger partial charge in [-0.15, -0.1) is 0 Å². The smallest absolute Gasteiger partial charge is 0.303 e. The van der Waals surface area contributed by atoms with E-state index in [1.807, 2.05) is 0 Å². The van der Waals surface area contributed by atoms with E-state index in [9.17, 15) is 4.79 Å². The van der Waals surface area contributed by atoms with Crippen LogP contribution in [0.25, 0.3) is 0 Å². The maximum atomic E-state index is 10.5. The Morgan fingerprint density at radius 3 is 2.45 bits per heavy atom. The van der Waals surface area contributed by atoms with Gasteiger partial charge in [-0.25, -0.2) is 0 Å². The first-order valence-corrected chi connectivity index (χ1v) is 3.86. The summed E-state index contributed by atoms with van der Waals surface area (Å²) in [5.74, 6) is 0.285. The molecule has 0 aromatic heterocycles. The molecule has 0 aliphatic carbocycles. The average molecular weight is 156 g/mol. The SMILES string of the molecule is C=CC(CC(C)C)OC(C)=O. The molecule has 64 valence electrons. The fourth-order valence-corrected chi connectivity index (χ4v) is 0.870. The lowest BCUT2D eigenvalue weighted by molar-refractivity contribution is -0.144. The number of hydrogen-bond acceptors (Lipinski definition) is 2. The van der Waals surface area contributed by atoms with Gasteiger partial charge in [-0.2, -0.15) is 0 Å². The number of rotatable bonds is 4. The van der Waals surface area contributed by atoms with Gasteiger partial charge in [0.25, 0.3) is 0 Å². The summed E-state index contributed by atoms with van der Waals surface area (Å²) in [4.78, 5) is 10.5. The van der Waals surface area contributed by atoms with Crippen LogP contribution in [0.1, 0.15) is 27.2 Å². The molecule has 2 nitrogen and oxygen atoms in total. The summed E-state index contributed by atoms with van der Waals surface area (Å²) >= 11 is 0. The van der Waals surface area contributed by atoms with Crippen LogP contribution in [0.4, 0.5) is 0 Å². The van der Waals surface area contributed by atoms with E-state index in [0.717, 1.165) is 6.42 Å². The van der Waals surface area contributed by atoms with Crippen LogP contribution in [0.3, 0.4) is 0 Å². The van der Waals surface area contributed by atoms with E-state index in [1.54, 1.807) is 6.08 Å². The lowest BCUT2D eigenvalue weighted by Gasteiger charge is -2.14. The number of hydrogen-bond donors (Lipinski definition) is 0. The van der Waals surface area contributed by atoms with Crippen molar-refractivity contribution in [3.63, 3.8) is 0 Å². The molecule has 0 aromatic rings. The Hall–Kier alpha value is -0.790. The Morgan fingerprint density at radius 2 is 2.18 bits per heavy atom. The first kappa shape index (κ1) is 10.2. The van der Waals surface area contributed by atoms with Crippen molar-refractivity contribution < 1.29 is 9.53 Å². The topological polar surface area (TPSA) is 26.3 Å². The Labute approximate surface area is 68.2 Å². The third-order valence-corrected chi connectivity index (χ3v) is 1.28. The molecule has 0 aromatic carbocycles. The highest BCUT2D eigenvalue weighted by Gasteiger charge is 2.08. The van der Waals surface area contributed by atoms with Crippen LogP contribution in [-0.4, -0.2) is 12.1 Å². The van der Waals surface area contributed by atoms with Gasteiger partial charge in [0.15, 0.2) is 0 Å². The third kappa shape index (κ3) is 5.64. The molecule has 1 unspecified atom stereocenters. The number of esters is 1. The van der Waals surface area contributed by atoms with Crippen molar-refractivity contribution in [2.75, 3.05) is 0 Å². The zero-order valence-corrected chi connectivity index (χ0v) is 7.46. The van der Waals surface area contributed by atoms with Crippen LogP contribution < -0.4 is 0 Å². The molecule has 0 rings (SSSR count). The van der Waals surface area contributed by atoms with Gasteiger partial charge in [0, 0.05) is 6.92 Å². The van der Waals surface area contributed by atoms with Crippen LogP contribution >= 0.6 is 0 Å². The van der Waals surface area contributed by atoms with Crippen LogP contribution in [0.2, 0.25) is 0 Å². The molecule has 0 amide bonds. The van der Waals surface area contributed by atoms with Crippen molar-refractivity contribution in [1.29, 1.82) is 0 Å².